The van der Waals surface area contributed by atoms with Crippen LogP contribution in [0.3, 0.4) is 0 Å². The van der Waals surface area contributed by atoms with Crippen LogP contribution in [0.2, 0.25) is 0 Å². The zero-order valence-electron chi connectivity index (χ0n) is 18.2. The molecule has 5 nitrogen and oxygen atoms in total. The van der Waals surface area contributed by atoms with Gasteiger partial charge < -0.3 is 15.0 Å². The van der Waals surface area contributed by atoms with Crippen molar-refractivity contribution in [3.05, 3.63) is 65.5 Å². The minimum atomic E-state index is -0.227. The Morgan fingerprint density at radius 1 is 1.07 bits per heavy atom. The highest BCUT2D eigenvalue weighted by Gasteiger charge is 2.34. The topological polar surface area (TPSA) is 44.8 Å². The molecular weight excluding hydrogens is 381 g/mol. The number of benzene rings is 2. The number of halogens is 1. The zero-order chi connectivity index (χ0) is 21.6. The molecule has 1 unspecified atom stereocenters. The summed E-state index contributed by atoms with van der Waals surface area (Å²) in [4.78, 5) is 16.9. The molecule has 2 amide bonds. The Balaban J connectivity index is 1.71. The summed E-state index contributed by atoms with van der Waals surface area (Å²) >= 11 is 0. The van der Waals surface area contributed by atoms with Gasteiger partial charge in [-0.25, -0.2) is 9.18 Å². The SMILES string of the molecule is COc1ccc(CN2CCCCC(c3ccc(F)cc3)(N(C)C)CCNC2=O)cc1. The lowest BCUT2D eigenvalue weighted by atomic mass is 9.80. The maximum atomic E-state index is 13.5. The van der Waals surface area contributed by atoms with Crippen molar-refractivity contribution in [1.82, 2.24) is 15.1 Å². The summed E-state index contributed by atoms with van der Waals surface area (Å²) in [5.41, 5.74) is 1.95. The fraction of sp³-hybridized carbons (Fsp3) is 0.458. The summed E-state index contributed by atoms with van der Waals surface area (Å²) in [6.07, 6.45) is 3.63. The van der Waals surface area contributed by atoms with Crippen molar-refractivity contribution in [3.8, 4) is 5.75 Å². The predicted molar refractivity (Wildman–Crippen MR) is 117 cm³/mol. The van der Waals surface area contributed by atoms with Gasteiger partial charge in [0.15, 0.2) is 0 Å². The second-order valence-corrected chi connectivity index (χ2v) is 8.14. The van der Waals surface area contributed by atoms with E-state index in [0.717, 1.165) is 42.6 Å². The Labute approximate surface area is 178 Å². The Hall–Kier alpha value is -2.60. The standard InChI is InChI=1S/C24H32FN3O2/c1-27(2)24(20-8-10-21(25)11-9-20)14-4-5-17-28(23(29)26-16-15-24)18-19-6-12-22(30-3)13-7-19/h6-13H,4-5,14-18H2,1-3H3,(H,26,29). The van der Waals surface area contributed by atoms with Gasteiger partial charge in [0, 0.05) is 25.2 Å². The maximum absolute atomic E-state index is 13.5. The molecule has 1 saturated heterocycles. The lowest BCUT2D eigenvalue weighted by molar-refractivity contribution is 0.114. The predicted octanol–water partition coefficient (Wildman–Crippen LogP) is 4.38. The van der Waals surface area contributed by atoms with E-state index in [2.05, 4.69) is 24.3 Å². The fourth-order valence-electron chi connectivity index (χ4n) is 4.29. The highest BCUT2D eigenvalue weighted by molar-refractivity contribution is 5.74. The van der Waals surface area contributed by atoms with Crippen molar-refractivity contribution in [1.29, 1.82) is 0 Å². The molecule has 1 aliphatic rings. The number of methoxy groups -OCH3 is 1. The fourth-order valence-corrected chi connectivity index (χ4v) is 4.29. The first-order chi connectivity index (χ1) is 14.4. The van der Waals surface area contributed by atoms with Crippen LogP contribution < -0.4 is 10.1 Å². The van der Waals surface area contributed by atoms with E-state index in [1.165, 1.54) is 12.1 Å². The molecule has 0 spiro atoms. The van der Waals surface area contributed by atoms with Crippen LogP contribution in [-0.2, 0) is 12.1 Å². The number of hydrogen-bond acceptors (Lipinski definition) is 3. The van der Waals surface area contributed by atoms with Gasteiger partial charge in [-0.15, -0.1) is 0 Å². The van der Waals surface area contributed by atoms with Crippen LogP contribution >= 0.6 is 0 Å². The van der Waals surface area contributed by atoms with E-state index in [0.29, 0.717) is 19.6 Å². The lowest BCUT2D eigenvalue weighted by Crippen LogP contribution is -2.47. The van der Waals surface area contributed by atoms with E-state index in [4.69, 9.17) is 4.74 Å². The van der Waals surface area contributed by atoms with E-state index in [1.54, 1.807) is 7.11 Å². The monoisotopic (exact) mass is 413 g/mol. The van der Waals surface area contributed by atoms with Crippen molar-refractivity contribution >= 4 is 6.03 Å². The molecule has 2 aromatic carbocycles. The van der Waals surface area contributed by atoms with E-state index < -0.39 is 0 Å². The molecule has 6 heteroatoms. The van der Waals surface area contributed by atoms with Crippen molar-refractivity contribution in [3.63, 3.8) is 0 Å². The van der Waals surface area contributed by atoms with Crippen LogP contribution in [0.4, 0.5) is 9.18 Å². The Bertz CT molecular complexity index is 823. The molecule has 1 N–H and O–H groups in total. The van der Waals surface area contributed by atoms with Gasteiger partial charge in [-0.05, 0) is 75.2 Å². The van der Waals surface area contributed by atoms with Gasteiger partial charge in [0.25, 0.3) is 0 Å². The second-order valence-electron chi connectivity index (χ2n) is 8.14. The van der Waals surface area contributed by atoms with E-state index in [1.807, 2.05) is 41.3 Å². The first-order valence-electron chi connectivity index (χ1n) is 10.5. The van der Waals surface area contributed by atoms with Crippen LogP contribution in [0.5, 0.6) is 5.75 Å². The molecule has 3 rings (SSSR count). The zero-order valence-corrected chi connectivity index (χ0v) is 18.2. The van der Waals surface area contributed by atoms with Gasteiger partial charge in [0.05, 0.1) is 7.11 Å². The molecule has 0 aliphatic carbocycles. The summed E-state index contributed by atoms with van der Waals surface area (Å²) in [7, 11) is 5.77. The first-order valence-corrected chi connectivity index (χ1v) is 10.5. The number of nitrogens with zero attached hydrogens (tertiary/aromatic N) is 2. The van der Waals surface area contributed by atoms with Crippen LogP contribution in [0.1, 0.15) is 36.8 Å². The van der Waals surface area contributed by atoms with Crippen LogP contribution in [0.15, 0.2) is 48.5 Å². The summed E-state index contributed by atoms with van der Waals surface area (Å²) in [5.74, 6) is 0.583. The molecule has 0 bridgehead atoms. The minimum Gasteiger partial charge on any atom is -0.497 e. The molecule has 162 valence electrons. The molecular formula is C24H32FN3O2. The number of hydrogen-bond donors (Lipinski definition) is 1. The number of rotatable bonds is 5. The van der Waals surface area contributed by atoms with Gasteiger partial charge in [-0.3, -0.25) is 4.90 Å². The van der Waals surface area contributed by atoms with Gasteiger partial charge >= 0.3 is 6.03 Å². The smallest absolute Gasteiger partial charge is 0.317 e. The third-order valence-corrected chi connectivity index (χ3v) is 6.14. The number of carbonyl (C=O) groups excluding carboxylic acids is 1. The number of amides is 2. The van der Waals surface area contributed by atoms with Gasteiger partial charge in [0.1, 0.15) is 11.6 Å². The van der Waals surface area contributed by atoms with E-state index >= 15 is 0 Å². The van der Waals surface area contributed by atoms with Crippen LogP contribution in [0, 0.1) is 5.82 Å². The third-order valence-electron chi connectivity index (χ3n) is 6.14. The molecule has 1 fully saturated rings. The Morgan fingerprint density at radius 2 is 1.77 bits per heavy atom. The molecule has 30 heavy (non-hydrogen) atoms. The quantitative estimate of drug-likeness (QED) is 0.791. The molecule has 0 aromatic heterocycles. The van der Waals surface area contributed by atoms with E-state index in [9.17, 15) is 9.18 Å². The summed E-state index contributed by atoms with van der Waals surface area (Å²) in [6, 6.07) is 14.6. The van der Waals surface area contributed by atoms with Crippen molar-refractivity contribution < 1.29 is 13.9 Å². The molecule has 1 atom stereocenters. The summed E-state index contributed by atoms with van der Waals surface area (Å²) < 4.78 is 18.7. The first kappa shape index (κ1) is 22.1. The number of carbonyl (C=O) groups is 1. The van der Waals surface area contributed by atoms with Crippen LogP contribution in [0.25, 0.3) is 0 Å². The normalized spacial score (nSPS) is 20.7. The summed E-state index contributed by atoms with van der Waals surface area (Å²) in [6.45, 7) is 1.84. The molecule has 1 aliphatic heterocycles. The minimum absolute atomic E-state index is 0.0421. The van der Waals surface area contributed by atoms with Crippen LogP contribution in [-0.4, -0.2) is 50.1 Å². The highest BCUT2D eigenvalue weighted by atomic mass is 19.1. The third kappa shape index (κ3) is 5.11. The summed E-state index contributed by atoms with van der Waals surface area (Å²) in [5, 5.41) is 3.10. The number of urea groups is 1. The molecule has 0 saturated carbocycles. The number of ether oxygens (including phenoxy) is 1. The van der Waals surface area contributed by atoms with Crippen molar-refractivity contribution in [2.24, 2.45) is 0 Å². The second kappa shape index (κ2) is 9.94. The molecule has 1 heterocycles. The Morgan fingerprint density at radius 3 is 2.40 bits per heavy atom. The van der Waals surface area contributed by atoms with Gasteiger partial charge in [-0.2, -0.15) is 0 Å². The number of nitrogens with one attached hydrogen (secondary N) is 1. The largest absolute Gasteiger partial charge is 0.497 e. The maximum Gasteiger partial charge on any atom is 0.317 e. The van der Waals surface area contributed by atoms with Crippen molar-refractivity contribution in [2.75, 3.05) is 34.3 Å². The Kier molecular flexibility index (Phi) is 7.32. The average molecular weight is 414 g/mol. The average Bonchev–Trinajstić information content (AvgIpc) is 2.75. The lowest BCUT2D eigenvalue weighted by Gasteiger charge is -2.42. The van der Waals surface area contributed by atoms with Gasteiger partial charge in [-0.1, -0.05) is 24.3 Å². The molecule has 0 radical (unpaired) electrons. The molecule has 2 aromatic rings. The van der Waals surface area contributed by atoms with Gasteiger partial charge in [0.2, 0.25) is 0 Å². The van der Waals surface area contributed by atoms with Crippen molar-refractivity contribution in [2.45, 2.75) is 37.8 Å². The highest BCUT2D eigenvalue weighted by Crippen LogP contribution is 2.36. The van der Waals surface area contributed by atoms with E-state index in [-0.39, 0.29) is 17.4 Å².